The van der Waals surface area contributed by atoms with Crippen LogP contribution in [0.15, 0.2) is 60.7 Å². The Kier molecular flexibility index (Phi) is 9.62. The zero-order valence-corrected chi connectivity index (χ0v) is 14.2. The Morgan fingerprint density at radius 1 is 0.917 bits per heavy atom. The molecule has 0 aliphatic rings. The summed E-state index contributed by atoms with van der Waals surface area (Å²) in [4.78, 5) is 23.0. The first-order chi connectivity index (χ1) is 11.7. The minimum atomic E-state index is -0.498. The van der Waals surface area contributed by atoms with E-state index >= 15 is 0 Å². The maximum Gasteiger partial charge on any atom is 0.313 e. The molecular weight excluding hydrogens is 304 g/mol. The van der Waals surface area contributed by atoms with Crippen molar-refractivity contribution in [3.8, 4) is 5.75 Å². The van der Waals surface area contributed by atoms with Gasteiger partial charge in [-0.15, -0.1) is 0 Å². The number of esters is 1. The zero-order valence-electron chi connectivity index (χ0n) is 14.2. The Morgan fingerprint density at radius 2 is 1.54 bits per heavy atom. The molecule has 0 aliphatic carbocycles. The second-order valence-electron chi connectivity index (χ2n) is 4.94. The van der Waals surface area contributed by atoms with E-state index in [4.69, 9.17) is 9.47 Å². The molecule has 0 radical (unpaired) electrons. The molecule has 0 unspecified atom stereocenters. The molecule has 0 aromatic heterocycles. The average molecular weight is 328 g/mol. The Hall–Kier alpha value is -2.62. The highest BCUT2D eigenvalue weighted by Gasteiger charge is 2.13. The smallest absolute Gasteiger partial charge is 0.313 e. The van der Waals surface area contributed by atoms with Crippen molar-refractivity contribution in [2.75, 3.05) is 13.2 Å². The fourth-order valence-corrected chi connectivity index (χ4v) is 1.81. The summed E-state index contributed by atoms with van der Waals surface area (Å²) in [7, 11) is 0. The van der Waals surface area contributed by atoms with Crippen LogP contribution in [0.2, 0.25) is 0 Å². The van der Waals surface area contributed by atoms with E-state index in [2.05, 4.69) is 0 Å². The van der Waals surface area contributed by atoms with Gasteiger partial charge in [-0.2, -0.15) is 0 Å². The molecule has 0 atom stereocenters. The molecule has 0 saturated heterocycles. The molecule has 0 heterocycles. The van der Waals surface area contributed by atoms with E-state index in [-0.39, 0.29) is 18.8 Å². The van der Waals surface area contributed by atoms with Gasteiger partial charge in [-0.25, -0.2) is 0 Å². The first kappa shape index (κ1) is 19.4. The van der Waals surface area contributed by atoms with Gasteiger partial charge in [0.25, 0.3) is 0 Å². The van der Waals surface area contributed by atoms with Crippen molar-refractivity contribution in [2.45, 2.75) is 26.7 Å². The summed E-state index contributed by atoms with van der Waals surface area (Å²) in [5.74, 6) is -0.107. The van der Waals surface area contributed by atoms with E-state index in [9.17, 15) is 9.59 Å². The van der Waals surface area contributed by atoms with Crippen LogP contribution in [0.4, 0.5) is 0 Å². The van der Waals surface area contributed by atoms with Gasteiger partial charge in [0.2, 0.25) is 0 Å². The molecule has 2 aromatic rings. The summed E-state index contributed by atoms with van der Waals surface area (Å²) in [6.45, 7) is 4.61. The molecule has 2 rings (SSSR count). The van der Waals surface area contributed by atoms with Gasteiger partial charge in [0.05, 0.1) is 13.2 Å². The van der Waals surface area contributed by atoms with E-state index in [1.165, 1.54) is 0 Å². The third kappa shape index (κ3) is 8.13. The van der Waals surface area contributed by atoms with Crippen LogP contribution in [-0.4, -0.2) is 25.0 Å². The van der Waals surface area contributed by atoms with Crippen LogP contribution < -0.4 is 4.74 Å². The summed E-state index contributed by atoms with van der Waals surface area (Å²) in [6.07, 6.45) is 0.673. The summed E-state index contributed by atoms with van der Waals surface area (Å²) < 4.78 is 10.2. The van der Waals surface area contributed by atoms with Crippen molar-refractivity contribution in [1.82, 2.24) is 0 Å². The predicted octanol–water partition coefficient (Wildman–Crippen LogP) is 4.30. The molecule has 0 spiro atoms. The number of benzene rings is 2. The van der Waals surface area contributed by atoms with Crippen molar-refractivity contribution in [2.24, 2.45) is 0 Å². The number of hydrogen-bond donors (Lipinski definition) is 0. The molecule has 128 valence electrons. The van der Waals surface area contributed by atoms with Gasteiger partial charge in [-0.05, 0) is 25.5 Å². The molecule has 0 aliphatic heterocycles. The molecule has 2 aromatic carbocycles. The molecule has 4 heteroatoms. The van der Waals surface area contributed by atoms with E-state index < -0.39 is 5.97 Å². The molecule has 0 amide bonds. The highest BCUT2D eigenvalue weighted by atomic mass is 16.5. The predicted molar refractivity (Wildman–Crippen MR) is 94.3 cm³/mol. The lowest BCUT2D eigenvalue weighted by Crippen LogP contribution is -2.11. The number of Topliss-reactive ketones (excluding diaryl/α,β-unsaturated/α-hetero) is 1. The van der Waals surface area contributed by atoms with Gasteiger partial charge >= 0.3 is 5.97 Å². The topological polar surface area (TPSA) is 52.6 Å². The first-order valence-corrected chi connectivity index (χ1v) is 8.09. The van der Waals surface area contributed by atoms with Gasteiger partial charge in [-0.3, -0.25) is 9.59 Å². The van der Waals surface area contributed by atoms with Crippen LogP contribution in [-0.2, 0) is 9.53 Å². The van der Waals surface area contributed by atoms with Crippen molar-refractivity contribution in [1.29, 1.82) is 0 Å². The maximum atomic E-state index is 11.8. The molecule has 0 fully saturated rings. The number of ether oxygens (including phenoxy) is 2. The van der Waals surface area contributed by atoms with Crippen molar-refractivity contribution in [3.05, 3.63) is 66.2 Å². The quantitative estimate of drug-likeness (QED) is 0.432. The summed E-state index contributed by atoms with van der Waals surface area (Å²) in [6, 6.07) is 18.8. The standard InChI is InChI=1S/C14H18O4.C6H6/c1-3-8-18-12-7-5-6-11(9-12)13(15)10-14(16)17-4-2;1-2-4-6-5-3-1/h5-7,9H,3-4,8,10H2,1-2H3;1-6H. The highest BCUT2D eigenvalue weighted by molar-refractivity contribution is 6.06. The van der Waals surface area contributed by atoms with Gasteiger partial charge in [0, 0.05) is 5.56 Å². The normalized spacial score (nSPS) is 9.42. The zero-order chi connectivity index (χ0) is 17.6. The molecular formula is C20H24O4. The van der Waals surface area contributed by atoms with Gasteiger partial charge in [0.15, 0.2) is 5.78 Å². The summed E-state index contributed by atoms with van der Waals surface area (Å²) >= 11 is 0. The third-order valence-electron chi connectivity index (χ3n) is 2.91. The Bertz CT molecular complexity index is 581. The second-order valence-corrected chi connectivity index (χ2v) is 4.94. The van der Waals surface area contributed by atoms with Gasteiger partial charge in [-0.1, -0.05) is 55.5 Å². The van der Waals surface area contributed by atoms with E-state index in [0.717, 1.165) is 6.42 Å². The average Bonchev–Trinajstić information content (AvgIpc) is 2.62. The van der Waals surface area contributed by atoms with Crippen LogP contribution in [0.1, 0.15) is 37.0 Å². The highest BCUT2D eigenvalue weighted by Crippen LogP contribution is 2.15. The molecule has 0 bridgehead atoms. The van der Waals surface area contributed by atoms with Crippen molar-refractivity contribution < 1.29 is 19.1 Å². The second kappa shape index (κ2) is 11.9. The monoisotopic (exact) mass is 328 g/mol. The Labute approximate surface area is 143 Å². The fraction of sp³-hybridized carbons (Fsp3) is 0.300. The SMILES string of the molecule is CCCOc1cccc(C(=O)CC(=O)OCC)c1.c1ccccc1. The lowest BCUT2D eigenvalue weighted by Gasteiger charge is -2.06. The molecule has 24 heavy (non-hydrogen) atoms. The Morgan fingerprint density at radius 3 is 2.08 bits per heavy atom. The Balaban J connectivity index is 0.000000400. The number of carbonyl (C=O) groups is 2. The molecule has 0 saturated carbocycles. The van der Waals surface area contributed by atoms with Crippen LogP contribution in [0.25, 0.3) is 0 Å². The maximum absolute atomic E-state index is 11.8. The minimum absolute atomic E-state index is 0.231. The number of ketones is 1. The van der Waals surface area contributed by atoms with Crippen molar-refractivity contribution in [3.63, 3.8) is 0 Å². The van der Waals surface area contributed by atoms with E-state index in [1.54, 1.807) is 31.2 Å². The number of carbonyl (C=O) groups excluding carboxylic acids is 2. The fourth-order valence-electron chi connectivity index (χ4n) is 1.81. The van der Waals surface area contributed by atoms with Gasteiger partial charge in [0.1, 0.15) is 12.2 Å². The number of rotatable bonds is 7. The minimum Gasteiger partial charge on any atom is -0.494 e. The largest absolute Gasteiger partial charge is 0.494 e. The lowest BCUT2D eigenvalue weighted by molar-refractivity contribution is -0.141. The molecule has 0 N–H and O–H groups in total. The summed E-state index contributed by atoms with van der Waals surface area (Å²) in [5.41, 5.74) is 0.469. The first-order valence-electron chi connectivity index (χ1n) is 8.09. The van der Waals surface area contributed by atoms with Crippen LogP contribution in [0.5, 0.6) is 5.75 Å². The van der Waals surface area contributed by atoms with E-state index in [1.807, 2.05) is 43.3 Å². The van der Waals surface area contributed by atoms with Crippen LogP contribution >= 0.6 is 0 Å². The van der Waals surface area contributed by atoms with Crippen molar-refractivity contribution >= 4 is 11.8 Å². The number of hydrogen-bond acceptors (Lipinski definition) is 4. The summed E-state index contributed by atoms with van der Waals surface area (Å²) in [5, 5.41) is 0. The van der Waals surface area contributed by atoms with Gasteiger partial charge < -0.3 is 9.47 Å². The molecule has 4 nitrogen and oxygen atoms in total. The van der Waals surface area contributed by atoms with Crippen LogP contribution in [0, 0.1) is 0 Å². The lowest BCUT2D eigenvalue weighted by atomic mass is 10.1. The van der Waals surface area contributed by atoms with Crippen LogP contribution in [0.3, 0.4) is 0 Å². The third-order valence-corrected chi connectivity index (χ3v) is 2.91. The van der Waals surface area contributed by atoms with E-state index in [0.29, 0.717) is 17.9 Å².